The zero-order valence-electron chi connectivity index (χ0n) is 14.6. The van der Waals surface area contributed by atoms with Gasteiger partial charge in [0.05, 0.1) is 30.9 Å². The number of ether oxygens (including phenoxy) is 2. The van der Waals surface area contributed by atoms with E-state index >= 15 is 0 Å². The summed E-state index contributed by atoms with van der Waals surface area (Å²) >= 11 is 0. The molecule has 3 atom stereocenters. The van der Waals surface area contributed by atoms with Crippen molar-refractivity contribution in [2.75, 3.05) is 19.5 Å². The summed E-state index contributed by atoms with van der Waals surface area (Å²) in [5.74, 6) is 1.64. The maximum atomic E-state index is 11.4. The Morgan fingerprint density at radius 2 is 1.96 bits per heavy atom. The fourth-order valence-corrected chi connectivity index (χ4v) is 4.14. The van der Waals surface area contributed by atoms with Crippen LogP contribution in [0.2, 0.25) is 0 Å². The number of allylic oxidation sites excluding steroid dienone is 2. The topological polar surface area (TPSA) is 73.6 Å². The highest BCUT2D eigenvalue weighted by Crippen LogP contribution is 2.52. The van der Waals surface area contributed by atoms with Crippen molar-refractivity contribution in [2.24, 2.45) is 5.92 Å². The van der Waals surface area contributed by atoms with E-state index in [0.29, 0.717) is 5.92 Å². The van der Waals surface area contributed by atoms with Crippen LogP contribution in [0, 0.1) is 16.0 Å². The van der Waals surface area contributed by atoms with E-state index in [1.807, 2.05) is 18.2 Å². The average Bonchev–Trinajstić information content (AvgIpc) is 3.16. The number of para-hydroxylation sites is 1. The first-order chi connectivity index (χ1) is 12.6. The predicted octanol–water partition coefficient (Wildman–Crippen LogP) is 4.44. The molecule has 6 heteroatoms. The van der Waals surface area contributed by atoms with Gasteiger partial charge in [-0.15, -0.1) is 0 Å². The van der Waals surface area contributed by atoms with Gasteiger partial charge in [0, 0.05) is 12.0 Å². The Hall–Kier alpha value is -3.02. The molecule has 0 saturated carbocycles. The highest BCUT2D eigenvalue weighted by molar-refractivity contribution is 5.68. The summed E-state index contributed by atoms with van der Waals surface area (Å²) in [6.07, 6.45) is 5.35. The lowest BCUT2D eigenvalue weighted by molar-refractivity contribution is -0.385. The third-order valence-corrected chi connectivity index (χ3v) is 5.34. The van der Waals surface area contributed by atoms with Crippen molar-refractivity contribution in [1.29, 1.82) is 0 Å². The second-order valence-electron chi connectivity index (χ2n) is 6.59. The Kier molecular flexibility index (Phi) is 4.03. The van der Waals surface area contributed by atoms with Crippen LogP contribution in [0.3, 0.4) is 0 Å². The number of nitro benzene ring substituents is 1. The van der Waals surface area contributed by atoms with Gasteiger partial charge in [0.1, 0.15) is 5.75 Å². The number of rotatable bonds is 4. The molecule has 0 amide bonds. The van der Waals surface area contributed by atoms with Crippen LogP contribution in [0.5, 0.6) is 11.5 Å². The standard InChI is InChI=1S/C20H20N2O4/c1-25-17-10-9-12(11-16(17)22(23)24)19-14-6-3-5-13(14)15-7-4-8-18(26-2)20(15)21-19/h3-5,7-11,13-14,19,21H,6H2,1-2H3/t13-,14-,19-/m1/s1. The molecule has 1 heterocycles. The van der Waals surface area contributed by atoms with E-state index in [1.165, 1.54) is 12.7 Å². The Morgan fingerprint density at radius 3 is 2.69 bits per heavy atom. The number of fused-ring (bicyclic) bond motifs is 3. The summed E-state index contributed by atoms with van der Waals surface area (Å²) in [4.78, 5) is 11.0. The van der Waals surface area contributed by atoms with Crippen molar-refractivity contribution in [2.45, 2.75) is 18.4 Å². The minimum Gasteiger partial charge on any atom is -0.495 e. The van der Waals surface area contributed by atoms with E-state index in [1.54, 1.807) is 19.2 Å². The lowest BCUT2D eigenvalue weighted by Gasteiger charge is -2.38. The summed E-state index contributed by atoms with van der Waals surface area (Å²) in [7, 11) is 3.10. The van der Waals surface area contributed by atoms with E-state index in [2.05, 4.69) is 23.5 Å². The number of nitrogens with zero attached hydrogens (tertiary/aromatic N) is 1. The van der Waals surface area contributed by atoms with Gasteiger partial charge in [-0.05, 0) is 35.6 Å². The molecule has 2 aromatic rings. The molecule has 0 spiro atoms. The SMILES string of the molecule is COc1ccc([C@H]2Nc3c(OC)cccc3[C@@H]3C=CC[C@@H]23)cc1[N+](=O)[O-]. The molecule has 1 aliphatic heterocycles. The number of nitro groups is 1. The first-order valence-corrected chi connectivity index (χ1v) is 8.56. The van der Waals surface area contributed by atoms with Crippen LogP contribution in [0.15, 0.2) is 48.6 Å². The zero-order chi connectivity index (χ0) is 18.3. The summed E-state index contributed by atoms with van der Waals surface area (Å²) < 4.78 is 10.7. The summed E-state index contributed by atoms with van der Waals surface area (Å²) in [5, 5.41) is 15.0. The van der Waals surface area contributed by atoms with E-state index in [-0.39, 0.29) is 23.4 Å². The molecule has 1 aliphatic carbocycles. The number of methoxy groups -OCH3 is 2. The first kappa shape index (κ1) is 16.4. The van der Waals surface area contributed by atoms with Gasteiger partial charge in [-0.3, -0.25) is 10.1 Å². The molecule has 6 nitrogen and oxygen atoms in total. The van der Waals surface area contributed by atoms with Crippen LogP contribution in [-0.2, 0) is 0 Å². The van der Waals surface area contributed by atoms with Crippen molar-refractivity contribution < 1.29 is 14.4 Å². The van der Waals surface area contributed by atoms with Gasteiger partial charge in [0.2, 0.25) is 0 Å². The Morgan fingerprint density at radius 1 is 1.15 bits per heavy atom. The van der Waals surface area contributed by atoms with Gasteiger partial charge >= 0.3 is 5.69 Å². The molecular weight excluding hydrogens is 332 g/mol. The maximum Gasteiger partial charge on any atom is 0.311 e. The summed E-state index contributed by atoms with van der Waals surface area (Å²) in [6.45, 7) is 0. The second kappa shape index (κ2) is 6.37. The molecule has 0 saturated heterocycles. The van der Waals surface area contributed by atoms with Crippen LogP contribution >= 0.6 is 0 Å². The highest BCUT2D eigenvalue weighted by atomic mass is 16.6. The van der Waals surface area contributed by atoms with Gasteiger partial charge in [-0.25, -0.2) is 0 Å². The normalized spacial score (nSPS) is 22.9. The molecule has 26 heavy (non-hydrogen) atoms. The lowest BCUT2D eigenvalue weighted by Crippen LogP contribution is -2.29. The van der Waals surface area contributed by atoms with Gasteiger partial charge in [0.15, 0.2) is 5.75 Å². The quantitative estimate of drug-likeness (QED) is 0.500. The Labute approximate surface area is 151 Å². The average molecular weight is 352 g/mol. The van der Waals surface area contributed by atoms with Crippen LogP contribution in [-0.4, -0.2) is 19.1 Å². The monoisotopic (exact) mass is 352 g/mol. The number of anilines is 1. The van der Waals surface area contributed by atoms with Gasteiger partial charge in [-0.2, -0.15) is 0 Å². The van der Waals surface area contributed by atoms with E-state index in [9.17, 15) is 10.1 Å². The molecule has 0 radical (unpaired) electrons. The van der Waals surface area contributed by atoms with Crippen molar-refractivity contribution in [3.63, 3.8) is 0 Å². The van der Waals surface area contributed by atoms with Crippen LogP contribution < -0.4 is 14.8 Å². The van der Waals surface area contributed by atoms with Crippen LogP contribution in [0.25, 0.3) is 0 Å². The summed E-state index contributed by atoms with van der Waals surface area (Å²) in [6, 6.07) is 11.2. The van der Waals surface area contributed by atoms with Crippen molar-refractivity contribution in [3.8, 4) is 11.5 Å². The molecule has 0 fully saturated rings. The van der Waals surface area contributed by atoms with Gasteiger partial charge in [-0.1, -0.05) is 30.4 Å². The van der Waals surface area contributed by atoms with E-state index in [4.69, 9.17) is 9.47 Å². The molecule has 1 N–H and O–H groups in total. The molecular formula is C20H20N2O4. The molecule has 134 valence electrons. The number of hydrogen-bond donors (Lipinski definition) is 1. The Bertz CT molecular complexity index is 893. The highest BCUT2D eigenvalue weighted by Gasteiger charge is 2.39. The fraction of sp³-hybridized carbons (Fsp3) is 0.300. The third-order valence-electron chi connectivity index (χ3n) is 5.34. The molecule has 0 aromatic heterocycles. The largest absolute Gasteiger partial charge is 0.495 e. The lowest BCUT2D eigenvalue weighted by atomic mass is 9.77. The Balaban J connectivity index is 1.80. The fourth-order valence-electron chi connectivity index (χ4n) is 4.14. The van der Waals surface area contributed by atoms with Crippen LogP contribution in [0.4, 0.5) is 11.4 Å². The molecule has 2 aromatic carbocycles. The maximum absolute atomic E-state index is 11.4. The minimum absolute atomic E-state index is 0.0138. The van der Waals surface area contributed by atoms with Gasteiger partial charge in [0.25, 0.3) is 0 Å². The minimum atomic E-state index is -0.399. The number of nitrogens with one attached hydrogen (secondary N) is 1. The van der Waals surface area contributed by atoms with Crippen molar-refractivity contribution in [1.82, 2.24) is 0 Å². The predicted molar refractivity (Wildman–Crippen MR) is 99.0 cm³/mol. The zero-order valence-corrected chi connectivity index (χ0v) is 14.6. The summed E-state index contributed by atoms with van der Waals surface area (Å²) in [5.41, 5.74) is 3.04. The van der Waals surface area contributed by atoms with E-state index < -0.39 is 4.92 Å². The van der Waals surface area contributed by atoms with Crippen molar-refractivity contribution in [3.05, 3.63) is 69.8 Å². The molecule has 0 unspecified atom stereocenters. The second-order valence-corrected chi connectivity index (χ2v) is 6.59. The molecule has 0 bridgehead atoms. The van der Waals surface area contributed by atoms with Crippen LogP contribution in [0.1, 0.15) is 29.5 Å². The van der Waals surface area contributed by atoms with Gasteiger partial charge < -0.3 is 14.8 Å². The number of hydrogen-bond acceptors (Lipinski definition) is 5. The molecule has 4 rings (SSSR count). The smallest absolute Gasteiger partial charge is 0.311 e. The number of benzene rings is 2. The first-order valence-electron chi connectivity index (χ1n) is 8.56. The third kappa shape index (κ3) is 2.49. The molecule has 2 aliphatic rings. The van der Waals surface area contributed by atoms with Crippen molar-refractivity contribution >= 4 is 11.4 Å². The van der Waals surface area contributed by atoms with E-state index in [0.717, 1.165) is 23.4 Å².